The molecule has 2 aromatic rings. The van der Waals surface area contributed by atoms with Crippen LogP contribution >= 0.6 is 0 Å². The average Bonchev–Trinajstić information content (AvgIpc) is 2.45. The molecule has 1 N–H and O–H groups in total. The van der Waals surface area contributed by atoms with Crippen LogP contribution in [0.5, 0.6) is 11.6 Å². The first kappa shape index (κ1) is 14.4. The lowest BCUT2D eigenvalue weighted by Gasteiger charge is -2.12. The Morgan fingerprint density at radius 1 is 1.25 bits per heavy atom. The van der Waals surface area contributed by atoms with Crippen LogP contribution < -0.4 is 10.1 Å². The lowest BCUT2D eigenvalue weighted by Crippen LogP contribution is -2.17. The number of pyridine rings is 1. The maximum atomic E-state index is 13.5. The summed E-state index contributed by atoms with van der Waals surface area (Å²) in [6.45, 7) is 4.90. The van der Waals surface area contributed by atoms with Crippen LogP contribution in [0.4, 0.5) is 8.78 Å². The molecule has 0 spiro atoms. The Morgan fingerprint density at radius 3 is 2.70 bits per heavy atom. The van der Waals surface area contributed by atoms with E-state index in [1.807, 2.05) is 19.9 Å². The summed E-state index contributed by atoms with van der Waals surface area (Å²) in [6.07, 6.45) is 1.65. The molecule has 3 nitrogen and oxygen atoms in total. The van der Waals surface area contributed by atoms with Crippen molar-refractivity contribution in [3.05, 3.63) is 53.7 Å². The van der Waals surface area contributed by atoms with Gasteiger partial charge in [-0.2, -0.15) is 4.39 Å². The summed E-state index contributed by atoms with van der Waals surface area (Å²) < 4.78 is 31.7. The Hall–Kier alpha value is -2.01. The molecule has 1 atom stereocenters. The Bertz CT molecular complexity index is 573. The minimum atomic E-state index is -1.01. The van der Waals surface area contributed by atoms with Gasteiger partial charge in [0, 0.05) is 18.3 Å². The van der Waals surface area contributed by atoms with Gasteiger partial charge in [0.2, 0.25) is 11.7 Å². The summed E-state index contributed by atoms with van der Waals surface area (Å²) in [5, 5.41) is 3.26. The van der Waals surface area contributed by atoms with Gasteiger partial charge in [0.25, 0.3) is 0 Å². The fourth-order valence-corrected chi connectivity index (χ4v) is 1.81. The Morgan fingerprint density at radius 2 is 2.05 bits per heavy atom. The van der Waals surface area contributed by atoms with Crippen LogP contribution in [0.3, 0.4) is 0 Å². The highest BCUT2D eigenvalue weighted by Crippen LogP contribution is 2.25. The van der Waals surface area contributed by atoms with Crippen LogP contribution in [-0.2, 0) is 0 Å². The number of hydrogen-bond acceptors (Lipinski definition) is 3. The number of rotatable bonds is 5. The molecule has 20 heavy (non-hydrogen) atoms. The van der Waals surface area contributed by atoms with Crippen LogP contribution in [-0.4, -0.2) is 11.5 Å². The third-order valence-corrected chi connectivity index (χ3v) is 2.90. The Kier molecular flexibility index (Phi) is 4.63. The number of benzene rings is 1. The predicted octanol–water partition coefficient (Wildman–Crippen LogP) is 3.82. The van der Waals surface area contributed by atoms with Gasteiger partial charge < -0.3 is 10.1 Å². The molecule has 0 bridgehead atoms. The highest BCUT2D eigenvalue weighted by Gasteiger charge is 2.11. The lowest BCUT2D eigenvalue weighted by molar-refractivity contribution is 0.405. The van der Waals surface area contributed by atoms with Crippen molar-refractivity contribution >= 4 is 0 Å². The van der Waals surface area contributed by atoms with Crippen LogP contribution in [0.1, 0.15) is 25.5 Å². The number of aromatic nitrogens is 1. The minimum Gasteiger partial charge on any atom is -0.436 e. The van der Waals surface area contributed by atoms with E-state index in [9.17, 15) is 8.78 Å². The summed E-state index contributed by atoms with van der Waals surface area (Å²) >= 11 is 0. The summed E-state index contributed by atoms with van der Waals surface area (Å²) in [7, 11) is 0. The van der Waals surface area contributed by atoms with E-state index in [-0.39, 0.29) is 17.7 Å². The van der Waals surface area contributed by atoms with E-state index in [0.717, 1.165) is 18.2 Å². The zero-order chi connectivity index (χ0) is 14.5. The second kappa shape index (κ2) is 6.43. The average molecular weight is 278 g/mol. The zero-order valence-electron chi connectivity index (χ0n) is 11.4. The van der Waals surface area contributed by atoms with Crippen molar-refractivity contribution in [1.82, 2.24) is 10.3 Å². The van der Waals surface area contributed by atoms with Gasteiger partial charge in [-0.1, -0.05) is 19.1 Å². The van der Waals surface area contributed by atoms with Gasteiger partial charge in [0.1, 0.15) is 0 Å². The fraction of sp³-hybridized carbons (Fsp3) is 0.267. The van der Waals surface area contributed by atoms with Crippen LogP contribution in [0.25, 0.3) is 0 Å². The third-order valence-electron chi connectivity index (χ3n) is 2.90. The van der Waals surface area contributed by atoms with E-state index in [4.69, 9.17) is 4.74 Å². The molecule has 0 aliphatic heterocycles. The quantitative estimate of drug-likeness (QED) is 0.902. The maximum Gasteiger partial charge on any atom is 0.219 e. The SMILES string of the molecule is CCNC(C)c1ccc(Oc2cccc(F)c2F)nc1. The molecule has 5 heteroatoms. The first-order valence-electron chi connectivity index (χ1n) is 6.43. The normalized spacial score (nSPS) is 12.2. The first-order valence-corrected chi connectivity index (χ1v) is 6.43. The van der Waals surface area contributed by atoms with Crippen molar-refractivity contribution < 1.29 is 13.5 Å². The van der Waals surface area contributed by atoms with Crippen molar-refractivity contribution in [3.8, 4) is 11.6 Å². The lowest BCUT2D eigenvalue weighted by atomic mass is 10.1. The van der Waals surface area contributed by atoms with Crippen LogP contribution in [0.15, 0.2) is 36.5 Å². The van der Waals surface area contributed by atoms with Crippen molar-refractivity contribution in [1.29, 1.82) is 0 Å². The monoisotopic (exact) mass is 278 g/mol. The number of nitrogens with zero attached hydrogens (tertiary/aromatic N) is 1. The summed E-state index contributed by atoms with van der Waals surface area (Å²) in [5.41, 5.74) is 0.999. The zero-order valence-corrected chi connectivity index (χ0v) is 11.4. The molecule has 0 saturated carbocycles. The minimum absolute atomic E-state index is 0.174. The molecule has 0 radical (unpaired) electrons. The Labute approximate surface area is 116 Å². The van der Waals surface area contributed by atoms with Gasteiger partial charge in [-0.05, 0) is 31.2 Å². The predicted molar refractivity (Wildman–Crippen MR) is 72.8 cm³/mol. The number of halogens is 2. The topological polar surface area (TPSA) is 34.1 Å². The van der Waals surface area contributed by atoms with Gasteiger partial charge in [-0.3, -0.25) is 0 Å². The second-order valence-electron chi connectivity index (χ2n) is 4.36. The molecular formula is C15H16F2N2O. The van der Waals surface area contributed by atoms with Gasteiger partial charge in [0.15, 0.2) is 11.6 Å². The molecule has 1 aromatic carbocycles. The number of hydrogen-bond donors (Lipinski definition) is 1. The van der Waals surface area contributed by atoms with Crippen molar-refractivity contribution in [2.24, 2.45) is 0 Å². The number of nitrogens with one attached hydrogen (secondary N) is 1. The molecule has 1 heterocycles. The molecular weight excluding hydrogens is 262 g/mol. The van der Waals surface area contributed by atoms with Gasteiger partial charge in [0.05, 0.1) is 0 Å². The summed E-state index contributed by atoms with van der Waals surface area (Å²) in [6, 6.07) is 7.43. The second-order valence-corrected chi connectivity index (χ2v) is 4.36. The fourth-order valence-electron chi connectivity index (χ4n) is 1.81. The van der Waals surface area contributed by atoms with E-state index in [0.29, 0.717) is 0 Å². The van der Waals surface area contributed by atoms with Crippen LogP contribution in [0.2, 0.25) is 0 Å². The standard InChI is InChI=1S/C15H16F2N2O/c1-3-18-10(2)11-7-8-14(19-9-11)20-13-6-4-5-12(16)15(13)17/h4-10,18H,3H2,1-2H3. The molecule has 0 saturated heterocycles. The Balaban J connectivity index is 2.13. The van der Waals surface area contributed by atoms with E-state index in [1.54, 1.807) is 12.3 Å². The van der Waals surface area contributed by atoms with Crippen molar-refractivity contribution in [3.63, 3.8) is 0 Å². The van der Waals surface area contributed by atoms with E-state index in [2.05, 4.69) is 10.3 Å². The highest BCUT2D eigenvalue weighted by atomic mass is 19.2. The van der Waals surface area contributed by atoms with E-state index >= 15 is 0 Å². The molecule has 0 fully saturated rings. The smallest absolute Gasteiger partial charge is 0.219 e. The summed E-state index contributed by atoms with van der Waals surface area (Å²) in [5.74, 6) is -1.91. The van der Waals surface area contributed by atoms with Gasteiger partial charge >= 0.3 is 0 Å². The summed E-state index contributed by atoms with van der Waals surface area (Å²) in [4.78, 5) is 4.10. The molecule has 0 aliphatic rings. The molecule has 0 aliphatic carbocycles. The first-order chi connectivity index (χ1) is 9.61. The molecule has 2 rings (SSSR count). The van der Waals surface area contributed by atoms with E-state index in [1.165, 1.54) is 12.1 Å². The highest BCUT2D eigenvalue weighted by molar-refractivity contribution is 5.30. The molecule has 1 aromatic heterocycles. The maximum absolute atomic E-state index is 13.5. The number of ether oxygens (including phenoxy) is 1. The van der Waals surface area contributed by atoms with Gasteiger partial charge in [-0.25, -0.2) is 9.37 Å². The largest absolute Gasteiger partial charge is 0.436 e. The van der Waals surface area contributed by atoms with Crippen molar-refractivity contribution in [2.45, 2.75) is 19.9 Å². The molecule has 106 valence electrons. The van der Waals surface area contributed by atoms with E-state index < -0.39 is 11.6 Å². The van der Waals surface area contributed by atoms with Gasteiger partial charge in [-0.15, -0.1) is 0 Å². The molecule has 1 unspecified atom stereocenters. The molecule has 0 amide bonds. The third kappa shape index (κ3) is 3.30. The van der Waals surface area contributed by atoms with Crippen molar-refractivity contribution in [2.75, 3.05) is 6.54 Å². The van der Waals surface area contributed by atoms with Crippen LogP contribution in [0, 0.1) is 11.6 Å².